The molecular formula is C12H16N4OS. The molecule has 0 fully saturated rings. The zero-order chi connectivity index (χ0) is 13.1. The van der Waals surface area contributed by atoms with Crippen LogP contribution in [0, 0.1) is 0 Å². The summed E-state index contributed by atoms with van der Waals surface area (Å²) in [4.78, 5) is 21.6. The fourth-order valence-electron chi connectivity index (χ4n) is 1.81. The van der Waals surface area contributed by atoms with Crippen molar-refractivity contribution in [3.8, 4) is 0 Å². The van der Waals surface area contributed by atoms with Gasteiger partial charge in [0.05, 0.1) is 5.69 Å². The lowest BCUT2D eigenvalue weighted by atomic mass is 10.2. The van der Waals surface area contributed by atoms with Crippen LogP contribution in [0.4, 0.5) is 5.69 Å². The summed E-state index contributed by atoms with van der Waals surface area (Å²) in [5, 5.41) is 2.93. The first-order valence-corrected chi connectivity index (χ1v) is 6.75. The van der Waals surface area contributed by atoms with E-state index in [1.807, 2.05) is 6.92 Å². The van der Waals surface area contributed by atoms with Crippen LogP contribution in [0.5, 0.6) is 0 Å². The topological polar surface area (TPSA) is 80.9 Å². The van der Waals surface area contributed by atoms with E-state index in [-0.39, 0.29) is 11.9 Å². The molecule has 0 aromatic carbocycles. The van der Waals surface area contributed by atoms with Crippen molar-refractivity contribution in [1.82, 2.24) is 15.3 Å². The summed E-state index contributed by atoms with van der Waals surface area (Å²) in [6.45, 7) is 4.08. The molecule has 0 saturated carbocycles. The van der Waals surface area contributed by atoms with E-state index >= 15 is 0 Å². The van der Waals surface area contributed by atoms with Crippen molar-refractivity contribution in [1.29, 1.82) is 0 Å². The number of nitrogen functional groups attached to an aromatic ring is 1. The molecule has 0 aliphatic carbocycles. The number of rotatable bonds is 4. The van der Waals surface area contributed by atoms with Crippen molar-refractivity contribution in [2.75, 3.05) is 5.73 Å². The van der Waals surface area contributed by atoms with Crippen LogP contribution in [0.3, 0.4) is 0 Å². The zero-order valence-electron chi connectivity index (χ0n) is 10.4. The van der Waals surface area contributed by atoms with Crippen LogP contribution in [0.2, 0.25) is 0 Å². The summed E-state index contributed by atoms with van der Waals surface area (Å²) in [6.07, 6.45) is 5.16. The molecule has 0 spiro atoms. The Bertz CT molecular complexity index is 566. The van der Waals surface area contributed by atoms with E-state index < -0.39 is 0 Å². The van der Waals surface area contributed by atoms with E-state index in [0.717, 1.165) is 12.8 Å². The molecule has 0 aliphatic rings. The van der Waals surface area contributed by atoms with Gasteiger partial charge in [-0.25, -0.2) is 9.97 Å². The number of carbonyl (C=O) groups excluding carboxylic acids is 1. The number of carbonyl (C=O) groups is 1. The number of thiophene rings is 1. The van der Waals surface area contributed by atoms with E-state index in [9.17, 15) is 4.79 Å². The van der Waals surface area contributed by atoms with Crippen molar-refractivity contribution >= 4 is 33.3 Å². The molecule has 2 rings (SSSR count). The molecule has 3 N–H and O–H groups in total. The summed E-state index contributed by atoms with van der Waals surface area (Å²) >= 11 is 1.28. The predicted octanol–water partition coefficient (Wildman–Crippen LogP) is 2.19. The van der Waals surface area contributed by atoms with E-state index in [2.05, 4.69) is 22.2 Å². The minimum Gasteiger partial charge on any atom is -0.396 e. The average molecular weight is 264 g/mol. The molecule has 0 bridgehead atoms. The average Bonchev–Trinajstić information content (AvgIpc) is 2.68. The predicted molar refractivity (Wildman–Crippen MR) is 73.7 cm³/mol. The Morgan fingerprint density at radius 2 is 2.22 bits per heavy atom. The highest BCUT2D eigenvalue weighted by atomic mass is 32.1. The molecule has 1 unspecified atom stereocenters. The van der Waals surface area contributed by atoms with Gasteiger partial charge in [-0.05, 0) is 13.3 Å². The molecule has 2 aromatic heterocycles. The van der Waals surface area contributed by atoms with Gasteiger partial charge in [0.25, 0.3) is 5.91 Å². The van der Waals surface area contributed by atoms with E-state index in [1.165, 1.54) is 11.3 Å². The lowest BCUT2D eigenvalue weighted by Crippen LogP contribution is -2.32. The number of aromatic nitrogens is 2. The minimum absolute atomic E-state index is 0.141. The Morgan fingerprint density at radius 1 is 1.50 bits per heavy atom. The van der Waals surface area contributed by atoms with Crippen molar-refractivity contribution in [2.24, 2.45) is 0 Å². The van der Waals surface area contributed by atoms with Crippen molar-refractivity contribution < 1.29 is 4.79 Å². The van der Waals surface area contributed by atoms with Gasteiger partial charge >= 0.3 is 0 Å². The number of nitrogens with zero attached hydrogens (tertiary/aromatic N) is 2. The number of anilines is 1. The lowest BCUT2D eigenvalue weighted by molar-refractivity contribution is 0.0943. The number of nitrogens with two attached hydrogens (primary N) is 1. The van der Waals surface area contributed by atoms with Crippen LogP contribution in [0.25, 0.3) is 10.3 Å². The Kier molecular flexibility index (Phi) is 3.76. The molecule has 0 saturated heterocycles. The normalized spacial score (nSPS) is 12.6. The molecule has 2 heterocycles. The second kappa shape index (κ2) is 5.30. The SMILES string of the molecule is CCCC(C)NC(=O)c1sc2nccnc2c1N. The van der Waals surface area contributed by atoms with Crippen molar-refractivity contribution in [2.45, 2.75) is 32.7 Å². The number of amides is 1. The highest BCUT2D eigenvalue weighted by Crippen LogP contribution is 2.30. The summed E-state index contributed by atoms with van der Waals surface area (Å²) in [5.74, 6) is -0.141. The molecule has 1 amide bonds. The lowest BCUT2D eigenvalue weighted by Gasteiger charge is -2.11. The van der Waals surface area contributed by atoms with Gasteiger partial charge in [-0.1, -0.05) is 13.3 Å². The van der Waals surface area contributed by atoms with E-state index in [1.54, 1.807) is 12.4 Å². The number of hydrogen-bond acceptors (Lipinski definition) is 5. The molecule has 18 heavy (non-hydrogen) atoms. The summed E-state index contributed by atoms with van der Waals surface area (Å²) in [7, 11) is 0. The minimum atomic E-state index is -0.141. The van der Waals surface area contributed by atoms with Crippen molar-refractivity contribution in [3.05, 3.63) is 17.3 Å². The van der Waals surface area contributed by atoms with Crippen LogP contribution in [0.15, 0.2) is 12.4 Å². The zero-order valence-corrected chi connectivity index (χ0v) is 11.3. The number of fused-ring (bicyclic) bond motifs is 1. The second-order valence-electron chi connectivity index (χ2n) is 4.22. The van der Waals surface area contributed by atoms with Crippen LogP contribution < -0.4 is 11.1 Å². The van der Waals surface area contributed by atoms with Crippen LogP contribution in [-0.2, 0) is 0 Å². The van der Waals surface area contributed by atoms with Gasteiger partial charge in [0.15, 0.2) is 0 Å². The number of nitrogens with one attached hydrogen (secondary N) is 1. The highest BCUT2D eigenvalue weighted by Gasteiger charge is 2.18. The monoisotopic (exact) mass is 264 g/mol. The quantitative estimate of drug-likeness (QED) is 0.887. The molecule has 96 valence electrons. The van der Waals surface area contributed by atoms with E-state index in [0.29, 0.717) is 20.9 Å². The fraction of sp³-hybridized carbons (Fsp3) is 0.417. The van der Waals surface area contributed by atoms with Crippen molar-refractivity contribution in [3.63, 3.8) is 0 Å². The van der Waals surface area contributed by atoms with Gasteiger partial charge in [0.1, 0.15) is 15.2 Å². The van der Waals surface area contributed by atoms with Gasteiger partial charge in [0, 0.05) is 18.4 Å². The second-order valence-corrected chi connectivity index (χ2v) is 5.22. The first-order valence-electron chi connectivity index (χ1n) is 5.93. The smallest absolute Gasteiger partial charge is 0.263 e. The van der Waals surface area contributed by atoms with Crippen LogP contribution in [-0.4, -0.2) is 21.9 Å². The molecule has 5 nitrogen and oxygen atoms in total. The van der Waals surface area contributed by atoms with Gasteiger partial charge in [-0.15, -0.1) is 11.3 Å². The maximum Gasteiger partial charge on any atom is 0.263 e. The van der Waals surface area contributed by atoms with Crippen LogP contribution >= 0.6 is 11.3 Å². The molecule has 1 atom stereocenters. The standard InChI is InChI=1S/C12H16N4OS/c1-3-4-7(2)16-11(17)10-8(13)9-12(18-10)15-6-5-14-9/h5-7H,3-4,13H2,1-2H3,(H,16,17). The Labute approximate surface area is 109 Å². The van der Waals surface area contributed by atoms with Crippen LogP contribution in [0.1, 0.15) is 36.4 Å². The third-order valence-electron chi connectivity index (χ3n) is 2.67. The highest BCUT2D eigenvalue weighted by molar-refractivity contribution is 7.21. The van der Waals surface area contributed by atoms with Gasteiger partial charge in [-0.2, -0.15) is 0 Å². The fourth-order valence-corrected chi connectivity index (χ4v) is 2.73. The van der Waals surface area contributed by atoms with Gasteiger partial charge in [0.2, 0.25) is 0 Å². The third-order valence-corrected chi connectivity index (χ3v) is 3.77. The Balaban J connectivity index is 2.25. The third kappa shape index (κ3) is 2.43. The van der Waals surface area contributed by atoms with E-state index in [4.69, 9.17) is 5.73 Å². The van der Waals surface area contributed by atoms with Gasteiger partial charge < -0.3 is 11.1 Å². The van der Waals surface area contributed by atoms with Gasteiger partial charge in [-0.3, -0.25) is 4.79 Å². The first kappa shape index (κ1) is 12.8. The maximum absolute atomic E-state index is 12.1. The molecule has 2 aromatic rings. The first-order chi connectivity index (χ1) is 8.63. The maximum atomic E-state index is 12.1. The Morgan fingerprint density at radius 3 is 2.89 bits per heavy atom. The molecule has 0 radical (unpaired) electrons. The largest absolute Gasteiger partial charge is 0.396 e. The molecule has 6 heteroatoms. The summed E-state index contributed by atoms with van der Waals surface area (Å²) < 4.78 is 0. The molecular weight excluding hydrogens is 248 g/mol. The summed E-state index contributed by atoms with van der Waals surface area (Å²) in [6, 6.07) is 0.146. The summed E-state index contributed by atoms with van der Waals surface area (Å²) in [5.41, 5.74) is 6.96. The Hall–Kier alpha value is -1.69. The number of hydrogen-bond donors (Lipinski definition) is 2. The molecule has 0 aliphatic heterocycles.